The van der Waals surface area contributed by atoms with Gasteiger partial charge in [0.2, 0.25) is 0 Å². The van der Waals surface area contributed by atoms with Gasteiger partial charge in [0.1, 0.15) is 0 Å². The van der Waals surface area contributed by atoms with Crippen LogP contribution in [-0.2, 0) is 0 Å². The minimum absolute atomic E-state index is 0. The summed E-state index contributed by atoms with van der Waals surface area (Å²) in [7, 11) is 4.00. The van der Waals surface area contributed by atoms with Gasteiger partial charge in [0.25, 0.3) is 0 Å². The fraction of sp³-hybridized carbons (Fsp3) is 0.667. The average molecular weight is 142 g/mol. The number of nitrogens with two attached hydrogens (primary N) is 3. The van der Waals surface area contributed by atoms with E-state index in [0.29, 0.717) is 0 Å². The van der Waals surface area contributed by atoms with Crippen LogP contribution < -0.4 is 29.2 Å². The summed E-state index contributed by atoms with van der Waals surface area (Å²) in [5.74, 6) is 0. The number of carbonyl (C=O) groups excluding carboxylic acids is 1. The van der Waals surface area contributed by atoms with E-state index in [-0.39, 0.29) is 12.4 Å². The van der Waals surface area contributed by atoms with Crippen molar-refractivity contribution in [3.8, 4) is 0 Å². The van der Waals surface area contributed by atoms with Gasteiger partial charge in [-0.1, -0.05) is 0 Å². The first-order valence-corrected chi connectivity index (χ1v) is 1.94. The maximum absolute atomic E-state index is 9.00. The molecule has 6 N–H and O–H groups in total. The van der Waals surface area contributed by atoms with Crippen molar-refractivity contribution in [2.45, 2.75) is 0 Å². The first-order valence-electron chi connectivity index (χ1n) is 1.94. The van der Waals surface area contributed by atoms with Crippen molar-refractivity contribution in [1.82, 2.24) is 0 Å². The Bertz CT molecular complexity index is 45.8. The third kappa shape index (κ3) is 489. The normalized spacial score (nSPS) is 5.25. The van der Waals surface area contributed by atoms with Crippen LogP contribution in [0.25, 0.3) is 0 Å². The molecule has 0 aromatic carbocycles. The van der Waals surface area contributed by atoms with E-state index in [1.54, 1.807) is 0 Å². The van der Waals surface area contributed by atoms with Gasteiger partial charge in [-0.05, 0) is 0 Å². The van der Waals surface area contributed by atoms with Crippen molar-refractivity contribution >= 4 is 6.03 Å². The number of hydrogen-bond acceptors (Lipinski definition) is 1. The first kappa shape index (κ1) is 15.6. The molecular weight excluding hydrogens is 130 g/mol. The van der Waals surface area contributed by atoms with Crippen molar-refractivity contribution < 1.29 is 22.5 Å². The minimum atomic E-state index is -0.833. The Balaban J connectivity index is -0.0000000575. The lowest BCUT2D eigenvalue weighted by Gasteiger charge is -1.62. The summed E-state index contributed by atoms with van der Waals surface area (Å²) in [5.41, 5.74) is 8.50. The molecule has 0 bridgehead atoms. The highest BCUT2D eigenvalue weighted by Crippen LogP contribution is 1.25. The molecule has 0 spiro atoms. The van der Waals surface area contributed by atoms with E-state index >= 15 is 0 Å². The van der Waals surface area contributed by atoms with Crippen LogP contribution in [0.1, 0.15) is 0 Å². The molecule has 52 valence electrons. The second-order valence-corrected chi connectivity index (χ2v) is 0.980. The van der Waals surface area contributed by atoms with Crippen LogP contribution in [0.4, 0.5) is 4.79 Å². The van der Waals surface area contributed by atoms with Crippen LogP contribution in [0.2, 0.25) is 0 Å². The predicted octanol–water partition coefficient (Wildman–Crippen LogP) is -5.16. The molecule has 0 aliphatic rings. The van der Waals surface area contributed by atoms with Crippen LogP contribution in [0.5, 0.6) is 0 Å². The van der Waals surface area contributed by atoms with Crippen LogP contribution in [0.15, 0.2) is 0 Å². The molecule has 0 saturated carbocycles. The Morgan fingerprint density at radius 1 is 1.38 bits per heavy atom. The van der Waals surface area contributed by atoms with Crippen LogP contribution >= 0.6 is 0 Å². The number of amides is 2. The van der Waals surface area contributed by atoms with Crippen molar-refractivity contribution in [1.29, 1.82) is 0 Å². The molecule has 0 aliphatic heterocycles. The minimum Gasteiger partial charge on any atom is -1.00 e. The summed E-state index contributed by atoms with van der Waals surface area (Å²) in [6.07, 6.45) is 0. The zero-order valence-electron chi connectivity index (χ0n) is 5.02. The fourth-order valence-corrected chi connectivity index (χ4v) is 0. The first-order chi connectivity index (χ1) is 3.15. The highest BCUT2D eigenvalue weighted by Gasteiger charge is 1.60. The van der Waals surface area contributed by atoms with Gasteiger partial charge in [0.05, 0.1) is 14.1 Å². The largest absolute Gasteiger partial charge is 1.00 e. The monoisotopic (exact) mass is 141 g/mol. The van der Waals surface area contributed by atoms with E-state index in [1.807, 2.05) is 19.4 Å². The number of urea groups is 1. The molecule has 0 rings (SSSR count). The average Bonchev–Trinajstić information content (AvgIpc) is 1.33. The number of halogens is 1. The van der Waals surface area contributed by atoms with Crippen molar-refractivity contribution in [2.24, 2.45) is 11.5 Å². The van der Waals surface area contributed by atoms with Gasteiger partial charge in [-0.25, -0.2) is 4.79 Å². The Kier molecular flexibility index (Phi) is 31.4. The maximum Gasteiger partial charge on any atom is 0.309 e. The molecule has 0 atom stereocenters. The van der Waals surface area contributed by atoms with Gasteiger partial charge in [0, 0.05) is 0 Å². The predicted molar refractivity (Wildman–Crippen MR) is 27.5 cm³/mol. The number of rotatable bonds is 0. The molecular formula is C3H12ClN3O. The second-order valence-electron chi connectivity index (χ2n) is 0.980. The lowest BCUT2D eigenvalue weighted by molar-refractivity contribution is -0.597. The third-order valence-electron chi connectivity index (χ3n) is 0. The van der Waals surface area contributed by atoms with E-state index in [1.165, 1.54) is 0 Å². The molecule has 0 fully saturated rings. The van der Waals surface area contributed by atoms with Crippen molar-refractivity contribution in [3.63, 3.8) is 0 Å². The van der Waals surface area contributed by atoms with Crippen LogP contribution in [0.3, 0.4) is 0 Å². The molecule has 4 nitrogen and oxygen atoms in total. The summed E-state index contributed by atoms with van der Waals surface area (Å²) < 4.78 is 0. The standard InChI is InChI=1S/C2H7N.CH4N2O.ClH/c1-3-2;2-1(3)4;/h3H,1-2H3;(H4,2,3,4);1H. The Morgan fingerprint density at radius 2 is 1.38 bits per heavy atom. The number of quaternary nitrogens is 1. The highest BCUT2D eigenvalue weighted by molar-refractivity contribution is 5.69. The lowest BCUT2D eigenvalue weighted by Crippen LogP contribution is -3.00. The third-order valence-corrected chi connectivity index (χ3v) is 0. The summed E-state index contributed by atoms with van der Waals surface area (Å²) in [6, 6.07) is -0.833. The van der Waals surface area contributed by atoms with E-state index in [9.17, 15) is 0 Å². The van der Waals surface area contributed by atoms with E-state index in [0.717, 1.165) is 0 Å². The second kappa shape index (κ2) is 16.0. The molecule has 0 aromatic rings. The zero-order valence-corrected chi connectivity index (χ0v) is 5.77. The van der Waals surface area contributed by atoms with E-state index in [2.05, 4.69) is 11.5 Å². The quantitative estimate of drug-likeness (QED) is 0.310. The van der Waals surface area contributed by atoms with Gasteiger partial charge in [-0.2, -0.15) is 0 Å². The molecule has 8 heavy (non-hydrogen) atoms. The Morgan fingerprint density at radius 3 is 1.38 bits per heavy atom. The molecule has 5 heteroatoms. The topological polar surface area (TPSA) is 85.7 Å². The van der Waals surface area contributed by atoms with Gasteiger partial charge in [-0.3, -0.25) is 0 Å². The maximum atomic E-state index is 9.00. The lowest BCUT2D eigenvalue weighted by atomic mass is 11.2. The summed E-state index contributed by atoms with van der Waals surface area (Å²) in [5, 5.41) is 2.00. The van der Waals surface area contributed by atoms with E-state index in [4.69, 9.17) is 4.79 Å². The molecule has 0 aromatic heterocycles. The number of hydrogen-bond donors (Lipinski definition) is 3. The Hall–Kier alpha value is -0.480. The van der Waals surface area contributed by atoms with Crippen molar-refractivity contribution in [3.05, 3.63) is 0 Å². The number of primary amides is 2. The highest BCUT2D eigenvalue weighted by atomic mass is 35.5. The SMILES string of the molecule is C[NH2+]C.NC(N)=O.[Cl-]. The summed E-state index contributed by atoms with van der Waals surface area (Å²) in [6.45, 7) is 0. The van der Waals surface area contributed by atoms with Gasteiger partial charge < -0.3 is 29.2 Å². The molecule has 0 unspecified atom stereocenters. The molecule has 2 amide bonds. The zero-order chi connectivity index (χ0) is 6.28. The molecule has 0 radical (unpaired) electrons. The van der Waals surface area contributed by atoms with Gasteiger partial charge in [0.15, 0.2) is 0 Å². The fourth-order valence-electron chi connectivity index (χ4n) is 0. The molecule has 0 saturated heterocycles. The summed E-state index contributed by atoms with van der Waals surface area (Å²) in [4.78, 5) is 9.00. The van der Waals surface area contributed by atoms with Gasteiger partial charge in [-0.15, -0.1) is 0 Å². The van der Waals surface area contributed by atoms with E-state index < -0.39 is 6.03 Å². The smallest absolute Gasteiger partial charge is 0.309 e. The van der Waals surface area contributed by atoms with Crippen LogP contribution in [-0.4, -0.2) is 20.1 Å². The van der Waals surface area contributed by atoms with Crippen LogP contribution in [0, 0.1) is 0 Å². The Labute approximate surface area is 55.0 Å². The molecule has 0 heterocycles. The van der Waals surface area contributed by atoms with Crippen molar-refractivity contribution in [2.75, 3.05) is 14.1 Å². The molecule has 0 aliphatic carbocycles. The number of carbonyl (C=O) groups is 1. The van der Waals surface area contributed by atoms with Gasteiger partial charge >= 0.3 is 6.03 Å². The summed E-state index contributed by atoms with van der Waals surface area (Å²) >= 11 is 0.